The Morgan fingerprint density at radius 3 is 2.50 bits per heavy atom. The molecule has 3 aromatic rings. The summed E-state index contributed by atoms with van der Waals surface area (Å²) in [5.41, 5.74) is 2.74. The molecule has 30 heavy (non-hydrogen) atoms. The van der Waals surface area contributed by atoms with Crippen molar-refractivity contribution < 1.29 is 18.0 Å². The molecule has 0 atom stereocenters. The summed E-state index contributed by atoms with van der Waals surface area (Å²) in [4.78, 5) is 19.7. The van der Waals surface area contributed by atoms with Crippen LogP contribution >= 0.6 is 0 Å². The fourth-order valence-electron chi connectivity index (χ4n) is 3.29. The maximum absolute atomic E-state index is 13.4. The first-order valence-corrected chi connectivity index (χ1v) is 9.18. The summed E-state index contributed by atoms with van der Waals surface area (Å²) >= 11 is 0. The van der Waals surface area contributed by atoms with Crippen molar-refractivity contribution in [3.63, 3.8) is 0 Å². The zero-order valence-corrected chi connectivity index (χ0v) is 16.4. The Morgan fingerprint density at radius 2 is 1.77 bits per heavy atom. The number of aromatic nitrogens is 3. The molecule has 4 rings (SSSR count). The first-order valence-electron chi connectivity index (χ1n) is 9.18. The number of amides is 1. The van der Waals surface area contributed by atoms with Gasteiger partial charge in [-0.3, -0.25) is 9.48 Å². The Labute approximate surface area is 170 Å². The van der Waals surface area contributed by atoms with E-state index < -0.39 is 17.5 Å². The Morgan fingerprint density at radius 1 is 1.03 bits per heavy atom. The lowest BCUT2D eigenvalue weighted by Crippen LogP contribution is -2.42. The van der Waals surface area contributed by atoms with Crippen molar-refractivity contribution in [1.82, 2.24) is 14.8 Å². The van der Waals surface area contributed by atoms with Gasteiger partial charge < -0.3 is 15.1 Å². The average molecular weight is 416 g/mol. The Hall–Kier alpha value is -3.56. The number of likely N-dealkylation sites (N-methyl/N-ethyl adjacent to an activating group) is 2. The topological polar surface area (TPSA) is 66.3 Å². The number of benzene rings is 1. The number of pyridine rings is 1. The lowest BCUT2D eigenvalue weighted by atomic mass is 10.2. The molecule has 1 aromatic carbocycles. The number of anilines is 3. The molecule has 2 aromatic heterocycles. The van der Waals surface area contributed by atoms with Gasteiger partial charge in [0.25, 0.3) is 0 Å². The zero-order valence-electron chi connectivity index (χ0n) is 16.4. The second-order valence-corrected chi connectivity index (χ2v) is 7.14. The highest BCUT2D eigenvalue weighted by Gasteiger charge is 2.25. The Balaban J connectivity index is 1.43. The minimum absolute atomic E-state index is 0.000778. The van der Waals surface area contributed by atoms with Crippen molar-refractivity contribution in [2.45, 2.75) is 13.1 Å². The number of rotatable bonds is 5. The number of fused-ring (bicyclic) bond motifs is 1. The summed E-state index contributed by atoms with van der Waals surface area (Å²) < 4.78 is 41.3. The number of hydrogen-bond donors (Lipinski definition) is 1. The highest BCUT2D eigenvalue weighted by Crippen LogP contribution is 2.32. The van der Waals surface area contributed by atoms with E-state index in [2.05, 4.69) is 15.4 Å². The van der Waals surface area contributed by atoms with Crippen LogP contribution in [0.1, 0.15) is 11.1 Å². The molecule has 0 spiro atoms. The number of nitrogens with one attached hydrogen (secondary N) is 1. The predicted molar refractivity (Wildman–Crippen MR) is 106 cm³/mol. The SMILES string of the molecule is CN1CC(=O)N(C)c2cnc(NCc3cnn(Cc4cc(F)c(F)c(F)c4)c3)cc21. The van der Waals surface area contributed by atoms with E-state index in [-0.39, 0.29) is 18.0 Å². The molecular weight excluding hydrogens is 397 g/mol. The van der Waals surface area contributed by atoms with Gasteiger partial charge in [0.15, 0.2) is 17.5 Å². The molecule has 0 unspecified atom stereocenters. The second-order valence-electron chi connectivity index (χ2n) is 7.14. The molecule has 0 fully saturated rings. The van der Waals surface area contributed by atoms with E-state index in [1.807, 2.05) is 18.0 Å². The maximum Gasteiger partial charge on any atom is 0.246 e. The summed E-state index contributed by atoms with van der Waals surface area (Å²) in [7, 11) is 3.56. The molecule has 7 nitrogen and oxygen atoms in total. The van der Waals surface area contributed by atoms with Crippen molar-refractivity contribution in [2.75, 3.05) is 35.8 Å². The largest absolute Gasteiger partial charge is 0.366 e. The van der Waals surface area contributed by atoms with E-state index in [9.17, 15) is 18.0 Å². The fraction of sp³-hybridized carbons (Fsp3) is 0.250. The van der Waals surface area contributed by atoms with E-state index in [4.69, 9.17) is 0 Å². The third kappa shape index (κ3) is 3.80. The third-order valence-electron chi connectivity index (χ3n) is 4.93. The molecule has 1 aliphatic rings. The average Bonchev–Trinajstić information content (AvgIpc) is 3.16. The van der Waals surface area contributed by atoms with Gasteiger partial charge in [-0.2, -0.15) is 5.10 Å². The molecule has 1 aliphatic heterocycles. The summed E-state index contributed by atoms with van der Waals surface area (Å²) in [6.07, 6.45) is 5.00. The van der Waals surface area contributed by atoms with Gasteiger partial charge in [0.1, 0.15) is 5.82 Å². The Bertz CT molecular complexity index is 1090. The van der Waals surface area contributed by atoms with Crippen LogP contribution in [0.3, 0.4) is 0 Å². The van der Waals surface area contributed by atoms with Crippen LogP contribution in [0.5, 0.6) is 0 Å². The second kappa shape index (κ2) is 7.69. The standard InChI is InChI=1S/C20H19F3N6O/c1-27-11-19(30)28(2)17-8-25-18(5-16(17)27)24-6-13-7-26-29(10-13)9-12-3-14(21)20(23)15(22)4-12/h3-5,7-8,10H,6,9,11H2,1-2H3,(H,24,25). The Kier molecular flexibility index (Phi) is 5.06. The molecule has 0 saturated carbocycles. The van der Waals surface area contributed by atoms with Gasteiger partial charge in [0.05, 0.1) is 36.9 Å². The van der Waals surface area contributed by atoms with Gasteiger partial charge in [-0.05, 0) is 17.7 Å². The lowest BCUT2D eigenvalue weighted by molar-refractivity contribution is -0.117. The molecule has 0 bridgehead atoms. The number of carbonyl (C=O) groups is 1. The number of nitrogens with zero attached hydrogens (tertiary/aromatic N) is 5. The molecule has 1 amide bonds. The van der Waals surface area contributed by atoms with Crippen LogP contribution in [0, 0.1) is 17.5 Å². The smallest absolute Gasteiger partial charge is 0.246 e. The van der Waals surface area contributed by atoms with Gasteiger partial charge in [-0.25, -0.2) is 18.2 Å². The monoisotopic (exact) mass is 416 g/mol. The van der Waals surface area contributed by atoms with Crippen molar-refractivity contribution in [1.29, 1.82) is 0 Å². The fourth-order valence-corrected chi connectivity index (χ4v) is 3.29. The van der Waals surface area contributed by atoms with Crippen LogP contribution < -0.4 is 15.1 Å². The van der Waals surface area contributed by atoms with Crippen LogP contribution in [0.4, 0.5) is 30.4 Å². The molecule has 10 heteroatoms. The van der Waals surface area contributed by atoms with Crippen LogP contribution in [0.15, 0.2) is 36.8 Å². The summed E-state index contributed by atoms with van der Waals surface area (Å²) in [5, 5.41) is 7.37. The van der Waals surface area contributed by atoms with Crippen molar-refractivity contribution in [3.8, 4) is 0 Å². The van der Waals surface area contributed by atoms with E-state index in [0.717, 1.165) is 29.1 Å². The van der Waals surface area contributed by atoms with Gasteiger partial charge in [0, 0.05) is 38.5 Å². The molecule has 0 saturated heterocycles. The van der Waals surface area contributed by atoms with Crippen molar-refractivity contribution in [2.24, 2.45) is 0 Å². The van der Waals surface area contributed by atoms with E-state index >= 15 is 0 Å². The van der Waals surface area contributed by atoms with Crippen molar-refractivity contribution in [3.05, 3.63) is 65.4 Å². The summed E-state index contributed by atoms with van der Waals surface area (Å²) in [5.74, 6) is -3.30. The number of carbonyl (C=O) groups excluding carboxylic acids is 1. The van der Waals surface area contributed by atoms with Gasteiger partial charge in [0.2, 0.25) is 5.91 Å². The van der Waals surface area contributed by atoms with Crippen LogP contribution in [0.2, 0.25) is 0 Å². The maximum atomic E-state index is 13.4. The first kappa shape index (κ1) is 19.7. The summed E-state index contributed by atoms with van der Waals surface area (Å²) in [6.45, 7) is 0.830. The minimum Gasteiger partial charge on any atom is -0.366 e. The molecular formula is C20H19F3N6O. The highest BCUT2D eigenvalue weighted by atomic mass is 19.2. The highest BCUT2D eigenvalue weighted by molar-refractivity contribution is 6.02. The quantitative estimate of drug-likeness (QED) is 0.648. The van der Waals surface area contributed by atoms with Gasteiger partial charge >= 0.3 is 0 Å². The molecule has 156 valence electrons. The van der Waals surface area contributed by atoms with Crippen molar-refractivity contribution >= 4 is 23.1 Å². The molecule has 3 heterocycles. The van der Waals surface area contributed by atoms with E-state index in [1.54, 1.807) is 30.5 Å². The normalized spacial score (nSPS) is 13.6. The predicted octanol–water partition coefficient (Wildman–Crippen LogP) is 2.77. The van der Waals surface area contributed by atoms with Gasteiger partial charge in [-0.1, -0.05) is 0 Å². The third-order valence-corrected chi connectivity index (χ3v) is 4.93. The zero-order chi connectivity index (χ0) is 21.4. The minimum atomic E-state index is -1.48. The molecule has 0 aliphatic carbocycles. The summed E-state index contributed by atoms with van der Waals surface area (Å²) in [6, 6.07) is 3.77. The van der Waals surface area contributed by atoms with Crippen LogP contribution in [-0.2, 0) is 17.9 Å². The van der Waals surface area contributed by atoms with E-state index in [0.29, 0.717) is 18.9 Å². The molecule has 1 N–H and O–H groups in total. The van der Waals surface area contributed by atoms with E-state index in [1.165, 1.54) is 4.68 Å². The first-order chi connectivity index (χ1) is 14.3. The molecule has 0 radical (unpaired) electrons. The number of halogens is 3. The lowest BCUT2D eigenvalue weighted by Gasteiger charge is -2.32. The van der Waals surface area contributed by atoms with Gasteiger partial charge in [-0.15, -0.1) is 0 Å². The number of hydrogen-bond acceptors (Lipinski definition) is 5. The van der Waals surface area contributed by atoms with Crippen LogP contribution in [-0.4, -0.2) is 41.3 Å². The van der Waals surface area contributed by atoms with Crippen LogP contribution in [0.25, 0.3) is 0 Å².